The highest BCUT2D eigenvalue weighted by atomic mass is 16.5. The number of ether oxygens (including phenoxy) is 2. The first-order valence-electron chi connectivity index (χ1n) is 7.33. The van der Waals surface area contributed by atoms with Crippen molar-refractivity contribution >= 4 is 18.0 Å². The third-order valence-corrected chi connectivity index (χ3v) is 3.15. The van der Waals surface area contributed by atoms with Crippen molar-refractivity contribution in [2.45, 2.75) is 26.8 Å². The Morgan fingerprint density at radius 1 is 1.30 bits per heavy atom. The molecule has 1 aromatic carbocycles. The van der Waals surface area contributed by atoms with E-state index >= 15 is 0 Å². The van der Waals surface area contributed by atoms with Crippen LogP contribution >= 0.6 is 0 Å². The highest BCUT2D eigenvalue weighted by Gasteiger charge is 2.20. The molecule has 0 radical (unpaired) electrons. The zero-order valence-corrected chi connectivity index (χ0v) is 13.9. The zero-order valence-electron chi connectivity index (χ0n) is 13.9. The third-order valence-electron chi connectivity index (χ3n) is 3.15. The quantitative estimate of drug-likeness (QED) is 0.796. The van der Waals surface area contributed by atoms with Crippen LogP contribution < -0.4 is 9.47 Å². The van der Waals surface area contributed by atoms with E-state index in [-0.39, 0.29) is 25.1 Å². The number of amides is 1. The van der Waals surface area contributed by atoms with E-state index in [2.05, 4.69) is 0 Å². The largest absolute Gasteiger partial charge is 0.493 e. The smallest absolute Gasteiger partial charge is 0.323 e. The van der Waals surface area contributed by atoms with Crippen LogP contribution in [0.15, 0.2) is 24.3 Å². The Morgan fingerprint density at radius 3 is 2.52 bits per heavy atom. The summed E-state index contributed by atoms with van der Waals surface area (Å²) in [5, 5.41) is 8.87. The van der Waals surface area contributed by atoms with E-state index in [0.29, 0.717) is 11.5 Å². The normalized spacial score (nSPS) is 10.8. The van der Waals surface area contributed by atoms with Gasteiger partial charge in [-0.05, 0) is 38.5 Å². The lowest BCUT2D eigenvalue weighted by Gasteiger charge is -2.25. The first-order valence-corrected chi connectivity index (χ1v) is 7.33. The van der Waals surface area contributed by atoms with Crippen LogP contribution in [0.4, 0.5) is 0 Å². The molecule has 0 saturated heterocycles. The maximum absolute atomic E-state index is 12.1. The molecule has 0 aliphatic carbocycles. The summed E-state index contributed by atoms with van der Waals surface area (Å²) < 4.78 is 10.8. The van der Waals surface area contributed by atoms with Gasteiger partial charge >= 0.3 is 5.97 Å². The summed E-state index contributed by atoms with van der Waals surface area (Å²) in [7, 11) is 1.52. The maximum atomic E-state index is 12.1. The number of hydrogen-bond donors (Lipinski definition) is 1. The van der Waals surface area contributed by atoms with Gasteiger partial charge in [-0.15, -0.1) is 0 Å². The number of benzene rings is 1. The lowest BCUT2D eigenvalue weighted by molar-refractivity contribution is -0.146. The molecule has 1 rings (SSSR count). The number of nitrogens with zero attached hydrogens (tertiary/aromatic N) is 1. The van der Waals surface area contributed by atoms with Crippen LogP contribution in [0, 0.1) is 0 Å². The summed E-state index contributed by atoms with van der Waals surface area (Å²) in [6.07, 6.45) is 3.83. The minimum absolute atomic E-state index is 0.221. The predicted octanol–water partition coefficient (Wildman–Crippen LogP) is 2.43. The lowest BCUT2D eigenvalue weighted by Crippen LogP contribution is -2.43. The van der Waals surface area contributed by atoms with Crippen molar-refractivity contribution in [1.82, 2.24) is 4.90 Å². The molecule has 0 aromatic heterocycles. The Balaban J connectivity index is 2.80. The van der Waals surface area contributed by atoms with Crippen LogP contribution in [0.25, 0.3) is 6.08 Å². The molecule has 6 nitrogen and oxygen atoms in total. The fourth-order valence-electron chi connectivity index (χ4n) is 2.03. The standard InChI is InChI=1S/C17H23NO5/c1-5-6-13-7-8-14(15(9-13)22-4)23-11-16(19)18(12(2)3)10-17(20)21/h5-9,12H,10-11H2,1-4H3,(H,20,21)/b6-5+. The van der Waals surface area contributed by atoms with E-state index in [1.54, 1.807) is 26.0 Å². The summed E-state index contributed by atoms with van der Waals surface area (Å²) >= 11 is 0. The highest BCUT2D eigenvalue weighted by Crippen LogP contribution is 2.28. The average molecular weight is 321 g/mol. The molecular weight excluding hydrogens is 298 g/mol. The zero-order chi connectivity index (χ0) is 17.4. The van der Waals surface area contributed by atoms with Gasteiger partial charge in [-0.2, -0.15) is 0 Å². The van der Waals surface area contributed by atoms with Crippen molar-refractivity contribution in [3.05, 3.63) is 29.8 Å². The van der Waals surface area contributed by atoms with E-state index < -0.39 is 5.97 Å². The number of methoxy groups -OCH3 is 1. The molecule has 0 bridgehead atoms. The SMILES string of the molecule is C/C=C/c1ccc(OCC(=O)N(CC(=O)O)C(C)C)c(OC)c1. The number of rotatable bonds is 8. The van der Waals surface area contributed by atoms with Gasteiger partial charge in [0.2, 0.25) is 0 Å². The number of aliphatic carboxylic acids is 1. The van der Waals surface area contributed by atoms with Crippen LogP contribution in [0.3, 0.4) is 0 Å². The topological polar surface area (TPSA) is 76.1 Å². The molecule has 0 unspecified atom stereocenters. The molecule has 1 N–H and O–H groups in total. The van der Waals surface area contributed by atoms with E-state index in [9.17, 15) is 9.59 Å². The van der Waals surface area contributed by atoms with Gasteiger partial charge in [0.15, 0.2) is 18.1 Å². The minimum Gasteiger partial charge on any atom is -0.493 e. The number of carbonyl (C=O) groups excluding carboxylic acids is 1. The Kier molecular flexibility index (Phi) is 7.12. The fourth-order valence-corrected chi connectivity index (χ4v) is 2.03. The first-order chi connectivity index (χ1) is 10.9. The third kappa shape index (κ3) is 5.65. The number of carbonyl (C=O) groups is 2. The molecule has 23 heavy (non-hydrogen) atoms. The Morgan fingerprint density at radius 2 is 2.00 bits per heavy atom. The molecule has 0 fully saturated rings. The molecule has 0 atom stereocenters. The van der Waals surface area contributed by atoms with Crippen molar-refractivity contribution in [1.29, 1.82) is 0 Å². The maximum Gasteiger partial charge on any atom is 0.323 e. The molecular formula is C17H23NO5. The van der Waals surface area contributed by atoms with Crippen molar-refractivity contribution < 1.29 is 24.2 Å². The van der Waals surface area contributed by atoms with E-state index in [4.69, 9.17) is 14.6 Å². The minimum atomic E-state index is -1.06. The van der Waals surface area contributed by atoms with Gasteiger partial charge in [-0.1, -0.05) is 18.2 Å². The Hall–Kier alpha value is -2.50. The molecule has 0 saturated carbocycles. The van der Waals surface area contributed by atoms with Gasteiger partial charge in [0.1, 0.15) is 6.54 Å². The van der Waals surface area contributed by atoms with Crippen molar-refractivity contribution in [3.8, 4) is 11.5 Å². The van der Waals surface area contributed by atoms with E-state index in [1.165, 1.54) is 12.0 Å². The van der Waals surface area contributed by atoms with Gasteiger partial charge in [0.05, 0.1) is 7.11 Å². The van der Waals surface area contributed by atoms with Crippen LogP contribution in [0.5, 0.6) is 11.5 Å². The highest BCUT2D eigenvalue weighted by molar-refractivity contribution is 5.82. The summed E-state index contributed by atoms with van der Waals surface area (Å²) in [6.45, 7) is 4.83. The summed E-state index contributed by atoms with van der Waals surface area (Å²) in [5.74, 6) is -0.488. The number of carboxylic acid groups (broad SMARTS) is 1. The molecule has 126 valence electrons. The van der Waals surface area contributed by atoms with Gasteiger partial charge in [0.25, 0.3) is 5.91 Å². The van der Waals surface area contributed by atoms with Crippen LogP contribution in [0.1, 0.15) is 26.3 Å². The Bertz CT molecular complexity index is 580. The lowest BCUT2D eigenvalue weighted by atomic mass is 10.2. The number of carboxylic acids is 1. The van der Waals surface area contributed by atoms with E-state index in [1.807, 2.05) is 25.1 Å². The molecule has 1 amide bonds. The second-order valence-electron chi connectivity index (χ2n) is 5.21. The summed E-state index contributed by atoms with van der Waals surface area (Å²) in [5.41, 5.74) is 0.956. The average Bonchev–Trinajstić information content (AvgIpc) is 2.50. The molecule has 1 aromatic rings. The number of allylic oxidation sites excluding steroid dienone is 1. The van der Waals surface area contributed by atoms with Crippen molar-refractivity contribution in [2.24, 2.45) is 0 Å². The van der Waals surface area contributed by atoms with Crippen LogP contribution in [-0.4, -0.2) is 48.2 Å². The second-order valence-corrected chi connectivity index (χ2v) is 5.21. The molecule has 0 aliphatic rings. The molecule has 6 heteroatoms. The van der Waals surface area contributed by atoms with Gasteiger partial charge < -0.3 is 19.5 Å². The van der Waals surface area contributed by atoms with E-state index in [0.717, 1.165) is 5.56 Å². The fraction of sp³-hybridized carbons (Fsp3) is 0.412. The van der Waals surface area contributed by atoms with Gasteiger partial charge in [-0.25, -0.2) is 0 Å². The Labute approximate surface area is 136 Å². The van der Waals surface area contributed by atoms with Gasteiger partial charge in [-0.3, -0.25) is 9.59 Å². The predicted molar refractivity (Wildman–Crippen MR) is 87.7 cm³/mol. The summed E-state index contributed by atoms with van der Waals surface area (Å²) in [4.78, 5) is 24.2. The monoisotopic (exact) mass is 321 g/mol. The van der Waals surface area contributed by atoms with Crippen molar-refractivity contribution in [2.75, 3.05) is 20.3 Å². The summed E-state index contributed by atoms with van der Waals surface area (Å²) in [6, 6.07) is 5.15. The van der Waals surface area contributed by atoms with Crippen LogP contribution in [-0.2, 0) is 9.59 Å². The molecule has 0 spiro atoms. The second kappa shape index (κ2) is 8.82. The number of hydrogen-bond acceptors (Lipinski definition) is 4. The first kappa shape index (κ1) is 18.5. The van der Waals surface area contributed by atoms with Crippen LogP contribution in [0.2, 0.25) is 0 Å². The molecule has 0 heterocycles. The van der Waals surface area contributed by atoms with Gasteiger partial charge in [0, 0.05) is 6.04 Å². The van der Waals surface area contributed by atoms with Crippen molar-refractivity contribution in [3.63, 3.8) is 0 Å². The molecule has 0 aliphatic heterocycles.